The molecule has 0 radical (unpaired) electrons. The van der Waals surface area contributed by atoms with Gasteiger partial charge in [0.1, 0.15) is 11.7 Å². The van der Waals surface area contributed by atoms with Crippen LogP contribution < -0.4 is 5.32 Å². The van der Waals surface area contributed by atoms with E-state index < -0.39 is 15.8 Å². The molecule has 5 nitrogen and oxygen atoms in total. The van der Waals surface area contributed by atoms with Gasteiger partial charge in [-0.2, -0.15) is 4.31 Å². The van der Waals surface area contributed by atoms with Crippen molar-refractivity contribution in [3.05, 3.63) is 29.0 Å². The highest BCUT2D eigenvalue weighted by Crippen LogP contribution is 2.25. The Hall–Kier alpha value is -0.890. The predicted molar refractivity (Wildman–Crippen MR) is 86.6 cm³/mol. The molecule has 0 unspecified atom stereocenters. The van der Waals surface area contributed by atoms with Gasteiger partial charge < -0.3 is 5.32 Å². The molecule has 0 saturated carbocycles. The summed E-state index contributed by atoms with van der Waals surface area (Å²) >= 11 is 11.0. The Bertz CT molecular complexity index is 677. The van der Waals surface area contributed by atoms with Gasteiger partial charge >= 0.3 is 0 Å². The summed E-state index contributed by atoms with van der Waals surface area (Å²) in [6, 6.07) is 3.47. The lowest BCUT2D eigenvalue weighted by molar-refractivity contribution is -0.118. The number of alkyl halides is 1. The Balaban J connectivity index is 1.98. The van der Waals surface area contributed by atoms with Crippen molar-refractivity contribution in [1.82, 2.24) is 9.62 Å². The molecule has 0 aliphatic carbocycles. The third kappa shape index (κ3) is 4.56. The van der Waals surface area contributed by atoms with E-state index in [0.29, 0.717) is 32.5 Å². The average Bonchev–Trinajstić information content (AvgIpc) is 2.55. The summed E-state index contributed by atoms with van der Waals surface area (Å²) in [4.78, 5) is 11.0. The third-order valence-electron chi connectivity index (χ3n) is 3.81. The first-order valence-electron chi connectivity index (χ1n) is 7.12. The van der Waals surface area contributed by atoms with Crippen molar-refractivity contribution >= 4 is 39.1 Å². The van der Waals surface area contributed by atoms with Crippen molar-refractivity contribution in [2.24, 2.45) is 5.92 Å². The van der Waals surface area contributed by atoms with Gasteiger partial charge in [-0.05, 0) is 37.0 Å². The lowest BCUT2D eigenvalue weighted by atomic mass is 9.98. The number of nitrogens with one attached hydrogen (secondary N) is 1. The Kier molecular flexibility index (Phi) is 6.25. The third-order valence-corrected chi connectivity index (χ3v) is 6.26. The first kappa shape index (κ1) is 18.4. The Morgan fingerprint density at radius 1 is 1.35 bits per heavy atom. The highest BCUT2D eigenvalue weighted by atomic mass is 35.5. The quantitative estimate of drug-likeness (QED) is 0.794. The normalized spacial score (nSPS) is 17.2. The van der Waals surface area contributed by atoms with Crippen molar-refractivity contribution < 1.29 is 17.6 Å². The monoisotopic (exact) mass is 382 g/mol. The molecule has 1 aliphatic rings. The molecular weight excluding hydrogens is 366 g/mol. The molecule has 1 heterocycles. The van der Waals surface area contributed by atoms with Gasteiger partial charge in [0.2, 0.25) is 15.9 Å². The molecular formula is C14H17Cl2FN2O3S. The van der Waals surface area contributed by atoms with Crippen LogP contribution in [0.15, 0.2) is 23.1 Å². The summed E-state index contributed by atoms with van der Waals surface area (Å²) in [5, 5.41) is 2.58. The van der Waals surface area contributed by atoms with Crippen molar-refractivity contribution in [1.29, 1.82) is 0 Å². The number of carbonyl (C=O) groups is 1. The van der Waals surface area contributed by atoms with E-state index in [1.807, 2.05) is 0 Å². The van der Waals surface area contributed by atoms with Crippen LogP contribution in [-0.2, 0) is 14.8 Å². The molecule has 1 aromatic carbocycles. The molecule has 0 atom stereocenters. The number of sulfonamides is 1. The molecule has 9 heteroatoms. The summed E-state index contributed by atoms with van der Waals surface area (Å²) in [6.45, 7) is 1.14. The van der Waals surface area contributed by atoms with Crippen molar-refractivity contribution in [3.8, 4) is 0 Å². The van der Waals surface area contributed by atoms with Crippen molar-refractivity contribution in [3.63, 3.8) is 0 Å². The number of piperidine rings is 1. The van der Waals surface area contributed by atoms with Gasteiger partial charge in [-0.15, -0.1) is 11.6 Å². The fourth-order valence-electron chi connectivity index (χ4n) is 2.45. The van der Waals surface area contributed by atoms with Crippen LogP contribution in [0.5, 0.6) is 0 Å². The van der Waals surface area contributed by atoms with E-state index in [4.69, 9.17) is 23.2 Å². The minimum absolute atomic E-state index is 0.0879. The van der Waals surface area contributed by atoms with Crippen LogP contribution in [-0.4, -0.2) is 44.1 Å². The molecule has 1 N–H and O–H groups in total. The lowest BCUT2D eigenvalue weighted by Crippen LogP contribution is -2.41. The SMILES string of the molecule is O=C(CCl)NCC1CCN(S(=O)(=O)c2ccc(Cl)c(F)c2)CC1. The largest absolute Gasteiger partial charge is 0.355 e. The van der Waals surface area contributed by atoms with Crippen LogP contribution in [0.25, 0.3) is 0 Å². The summed E-state index contributed by atoms with van der Waals surface area (Å²) in [5.41, 5.74) is 0. The number of rotatable bonds is 5. The number of amides is 1. The molecule has 0 spiro atoms. The van der Waals surface area contributed by atoms with Gasteiger partial charge in [-0.25, -0.2) is 12.8 Å². The molecule has 1 aliphatic heterocycles. The highest BCUT2D eigenvalue weighted by molar-refractivity contribution is 7.89. The fraction of sp³-hybridized carbons (Fsp3) is 0.500. The second kappa shape index (κ2) is 7.79. The topological polar surface area (TPSA) is 66.5 Å². The average molecular weight is 383 g/mol. The van der Waals surface area contributed by atoms with Gasteiger partial charge in [-0.3, -0.25) is 4.79 Å². The van der Waals surface area contributed by atoms with E-state index in [1.54, 1.807) is 0 Å². The molecule has 1 amide bonds. The zero-order valence-corrected chi connectivity index (χ0v) is 14.6. The number of benzene rings is 1. The minimum Gasteiger partial charge on any atom is -0.355 e. The number of carbonyl (C=O) groups excluding carboxylic acids is 1. The molecule has 1 fully saturated rings. The molecule has 1 aromatic rings. The fourth-order valence-corrected chi connectivity index (χ4v) is 4.14. The van der Waals surface area contributed by atoms with Crippen LogP contribution >= 0.6 is 23.2 Å². The standard InChI is InChI=1S/C14H17Cl2FN2O3S/c15-8-14(20)18-9-10-3-5-19(6-4-10)23(21,22)11-1-2-12(16)13(17)7-11/h1-2,7,10H,3-6,8-9H2,(H,18,20). The Morgan fingerprint density at radius 3 is 2.57 bits per heavy atom. The lowest BCUT2D eigenvalue weighted by Gasteiger charge is -2.31. The van der Waals surface area contributed by atoms with E-state index in [-0.39, 0.29) is 27.6 Å². The van der Waals surface area contributed by atoms with Crippen LogP contribution in [0.2, 0.25) is 5.02 Å². The Morgan fingerprint density at radius 2 is 2.00 bits per heavy atom. The van der Waals surface area contributed by atoms with E-state index in [0.717, 1.165) is 6.07 Å². The van der Waals surface area contributed by atoms with Crippen LogP contribution in [0.3, 0.4) is 0 Å². The van der Waals surface area contributed by atoms with Crippen molar-refractivity contribution in [2.45, 2.75) is 17.7 Å². The van der Waals surface area contributed by atoms with Crippen molar-refractivity contribution in [2.75, 3.05) is 25.5 Å². The van der Waals surface area contributed by atoms with Gasteiger partial charge in [0, 0.05) is 19.6 Å². The molecule has 128 valence electrons. The predicted octanol–water partition coefficient (Wildman–Crippen LogP) is 2.23. The second-order valence-corrected chi connectivity index (χ2v) is 7.97. The van der Waals surface area contributed by atoms with E-state index >= 15 is 0 Å². The molecule has 0 bridgehead atoms. The number of halogens is 3. The van der Waals surface area contributed by atoms with Crippen LogP contribution in [0.1, 0.15) is 12.8 Å². The van der Waals surface area contributed by atoms with Gasteiger partial charge in [0.25, 0.3) is 0 Å². The zero-order chi connectivity index (χ0) is 17.0. The smallest absolute Gasteiger partial charge is 0.243 e. The van der Waals surface area contributed by atoms with Gasteiger partial charge in [0.05, 0.1) is 9.92 Å². The maximum Gasteiger partial charge on any atom is 0.243 e. The van der Waals surface area contributed by atoms with E-state index in [9.17, 15) is 17.6 Å². The van der Waals surface area contributed by atoms with E-state index in [1.165, 1.54) is 16.4 Å². The van der Waals surface area contributed by atoms with Gasteiger partial charge in [0.15, 0.2) is 0 Å². The molecule has 2 rings (SSSR count). The Labute approximate surface area is 144 Å². The number of nitrogens with zero attached hydrogens (tertiary/aromatic N) is 1. The molecule has 23 heavy (non-hydrogen) atoms. The maximum atomic E-state index is 13.5. The summed E-state index contributed by atoms with van der Waals surface area (Å²) < 4.78 is 39.8. The zero-order valence-electron chi connectivity index (χ0n) is 12.3. The first-order chi connectivity index (χ1) is 10.8. The maximum absolute atomic E-state index is 13.5. The number of hydrogen-bond acceptors (Lipinski definition) is 3. The van der Waals surface area contributed by atoms with E-state index in [2.05, 4.69) is 5.32 Å². The summed E-state index contributed by atoms with van der Waals surface area (Å²) in [5.74, 6) is -0.879. The second-order valence-electron chi connectivity index (χ2n) is 5.36. The number of hydrogen-bond donors (Lipinski definition) is 1. The molecule has 0 aromatic heterocycles. The van der Waals surface area contributed by atoms with Gasteiger partial charge in [-0.1, -0.05) is 11.6 Å². The minimum atomic E-state index is -3.73. The highest BCUT2D eigenvalue weighted by Gasteiger charge is 2.29. The summed E-state index contributed by atoms with van der Waals surface area (Å²) in [6.07, 6.45) is 1.25. The molecule has 1 saturated heterocycles. The summed E-state index contributed by atoms with van der Waals surface area (Å²) in [7, 11) is -3.73. The van der Waals surface area contributed by atoms with Crippen LogP contribution in [0.4, 0.5) is 4.39 Å². The van der Waals surface area contributed by atoms with Crippen LogP contribution in [0, 0.1) is 11.7 Å². The first-order valence-corrected chi connectivity index (χ1v) is 9.47.